The predicted molar refractivity (Wildman–Crippen MR) is 81.5 cm³/mol. The van der Waals surface area contributed by atoms with Crippen LogP contribution in [0.3, 0.4) is 0 Å². The lowest BCUT2D eigenvalue weighted by Crippen LogP contribution is -2.49. The summed E-state index contributed by atoms with van der Waals surface area (Å²) < 4.78 is 5.96. The quantitative estimate of drug-likeness (QED) is 0.810. The molecule has 3 amide bonds. The molecule has 0 aromatic heterocycles. The fourth-order valence-corrected chi connectivity index (χ4v) is 1.80. The molecule has 0 fully saturated rings. The van der Waals surface area contributed by atoms with Crippen molar-refractivity contribution >= 4 is 34.2 Å². The topological polar surface area (TPSA) is 84.5 Å². The zero-order valence-corrected chi connectivity index (χ0v) is 13.6. The summed E-state index contributed by atoms with van der Waals surface area (Å²) in [5.41, 5.74) is -0.127. The van der Waals surface area contributed by atoms with E-state index in [-0.39, 0.29) is 12.4 Å². The Morgan fingerprint density at radius 1 is 1.33 bits per heavy atom. The summed E-state index contributed by atoms with van der Waals surface area (Å²) >= 11 is 3.23. The molecule has 7 heteroatoms. The number of rotatable bonds is 4. The molecule has 0 bridgehead atoms. The lowest BCUT2D eigenvalue weighted by Gasteiger charge is -2.20. The maximum atomic E-state index is 11.6. The van der Waals surface area contributed by atoms with Crippen LogP contribution in [0.1, 0.15) is 31.1 Å². The van der Waals surface area contributed by atoms with E-state index in [9.17, 15) is 14.4 Å². The van der Waals surface area contributed by atoms with Crippen molar-refractivity contribution in [3.63, 3.8) is 0 Å². The molecule has 0 aliphatic carbocycles. The van der Waals surface area contributed by atoms with Crippen LogP contribution < -0.4 is 15.4 Å². The lowest BCUT2D eigenvalue weighted by atomic mass is 10.1. The molecule has 6 nitrogen and oxygen atoms in total. The molecule has 2 N–H and O–H groups in total. The van der Waals surface area contributed by atoms with Crippen LogP contribution in [0.5, 0.6) is 5.75 Å². The third kappa shape index (κ3) is 6.40. The van der Waals surface area contributed by atoms with Crippen molar-refractivity contribution in [3.8, 4) is 5.75 Å². The summed E-state index contributed by atoms with van der Waals surface area (Å²) in [7, 11) is 0. The van der Waals surface area contributed by atoms with Crippen molar-refractivity contribution in [1.29, 1.82) is 0 Å². The Labute approximate surface area is 131 Å². The van der Waals surface area contributed by atoms with Gasteiger partial charge >= 0.3 is 6.03 Å². The highest BCUT2D eigenvalue weighted by molar-refractivity contribution is 9.10. The third-order valence-corrected chi connectivity index (χ3v) is 2.69. The summed E-state index contributed by atoms with van der Waals surface area (Å²) in [5, 5.41) is 4.73. The van der Waals surface area contributed by atoms with E-state index in [1.54, 1.807) is 39.0 Å². The molecule has 0 aliphatic rings. The number of hydrogen-bond donors (Lipinski definition) is 2. The van der Waals surface area contributed by atoms with Crippen LogP contribution in [-0.4, -0.2) is 30.4 Å². The summed E-state index contributed by atoms with van der Waals surface area (Å²) in [4.78, 5) is 34.0. The first kappa shape index (κ1) is 17.2. The average Bonchev–Trinajstić information content (AvgIpc) is 2.34. The maximum absolute atomic E-state index is 11.6. The summed E-state index contributed by atoms with van der Waals surface area (Å²) in [6, 6.07) is 4.23. The maximum Gasteiger partial charge on any atom is 0.321 e. The van der Waals surface area contributed by atoms with Gasteiger partial charge in [0.1, 0.15) is 5.75 Å². The number of aldehydes is 1. The fourth-order valence-electron chi connectivity index (χ4n) is 1.42. The van der Waals surface area contributed by atoms with Gasteiger partial charge in [-0.15, -0.1) is 0 Å². The minimum atomic E-state index is -0.600. The van der Waals surface area contributed by atoms with Gasteiger partial charge < -0.3 is 10.1 Å². The predicted octanol–water partition coefficient (Wildman–Crippen LogP) is 2.26. The lowest BCUT2D eigenvalue weighted by molar-refractivity contribution is -0.122. The molecule has 0 saturated heterocycles. The second-order valence-electron chi connectivity index (χ2n) is 5.34. The number of carbonyl (C=O) groups excluding carboxylic acids is 3. The molecular formula is C14H17BrN2O4. The molecule has 0 heterocycles. The molecule has 114 valence electrons. The minimum Gasteiger partial charge on any atom is -0.483 e. The van der Waals surface area contributed by atoms with Crippen molar-refractivity contribution in [3.05, 3.63) is 28.2 Å². The number of hydrogen-bond acceptors (Lipinski definition) is 4. The highest BCUT2D eigenvalue weighted by Gasteiger charge is 2.16. The molecule has 1 aromatic carbocycles. The van der Waals surface area contributed by atoms with Gasteiger partial charge in [0.05, 0.1) is 5.56 Å². The largest absolute Gasteiger partial charge is 0.483 e. The molecule has 0 atom stereocenters. The number of ether oxygens (including phenoxy) is 1. The number of carbonyl (C=O) groups is 3. The first-order valence-corrected chi connectivity index (χ1v) is 7.00. The van der Waals surface area contributed by atoms with Crippen LogP contribution in [0.15, 0.2) is 22.7 Å². The number of urea groups is 1. The van der Waals surface area contributed by atoms with Crippen molar-refractivity contribution in [2.75, 3.05) is 6.61 Å². The summed E-state index contributed by atoms with van der Waals surface area (Å²) in [5.74, 6) is -0.323. The van der Waals surface area contributed by atoms with Gasteiger partial charge in [-0.25, -0.2) is 4.79 Å². The van der Waals surface area contributed by atoms with E-state index in [2.05, 4.69) is 26.6 Å². The van der Waals surface area contributed by atoms with Gasteiger partial charge in [-0.2, -0.15) is 0 Å². The molecule has 0 spiro atoms. The molecule has 0 aliphatic heterocycles. The normalized spacial score (nSPS) is 10.7. The van der Waals surface area contributed by atoms with E-state index in [0.29, 0.717) is 11.8 Å². The van der Waals surface area contributed by atoms with Gasteiger partial charge in [0.15, 0.2) is 12.9 Å². The average molecular weight is 357 g/mol. The first-order valence-electron chi connectivity index (χ1n) is 6.21. The summed E-state index contributed by atoms with van der Waals surface area (Å²) in [6.45, 7) is 5.03. The number of imide groups is 1. The third-order valence-electron chi connectivity index (χ3n) is 2.20. The van der Waals surface area contributed by atoms with E-state index in [0.717, 1.165) is 4.47 Å². The van der Waals surface area contributed by atoms with E-state index in [1.165, 1.54) is 0 Å². The Morgan fingerprint density at radius 3 is 2.57 bits per heavy atom. The van der Waals surface area contributed by atoms with Gasteiger partial charge in [0.25, 0.3) is 5.91 Å². The number of halogens is 1. The molecule has 21 heavy (non-hydrogen) atoms. The molecule has 0 radical (unpaired) electrons. The second-order valence-corrected chi connectivity index (χ2v) is 6.26. The fraction of sp³-hybridized carbons (Fsp3) is 0.357. The summed E-state index contributed by atoms with van der Waals surface area (Å²) in [6.07, 6.45) is 0.629. The highest BCUT2D eigenvalue weighted by atomic mass is 79.9. The number of amides is 3. The minimum absolute atomic E-state index is 0.277. The van der Waals surface area contributed by atoms with Crippen LogP contribution in [0.25, 0.3) is 0 Å². The van der Waals surface area contributed by atoms with E-state index >= 15 is 0 Å². The Morgan fingerprint density at radius 2 is 2.00 bits per heavy atom. The van der Waals surface area contributed by atoms with E-state index in [4.69, 9.17) is 4.74 Å². The zero-order valence-electron chi connectivity index (χ0n) is 12.0. The van der Waals surface area contributed by atoms with Crippen LogP contribution in [0.2, 0.25) is 0 Å². The SMILES string of the molecule is CC(C)(C)NC(=O)NC(=O)COc1ccc(Br)cc1C=O. The van der Waals surface area contributed by atoms with Crippen molar-refractivity contribution in [2.24, 2.45) is 0 Å². The van der Waals surface area contributed by atoms with Crippen molar-refractivity contribution in [1.82, 2.24) is 10.6 Å². The first-order chi connectivity index (χ1) is 9.71. The molecular weight excluding hydrogens is 340 g/mol. The van der Waals surface area contributed by atoms with Gasteiger partial charge in [0, 0.05) is 10.0 Å². The Balaban J connectivity index is 2.54. The zero-order chi connectivity index (χ0) is 16.0. The standard InChI is InChI=1S/C14H17BrN2O4/c1-14(2,3)17-13(20)16-12(19)8-21-11-5-4-10(15)6-9(11)7-18/h4-7H,8H2,1-3H3,(H2,16,17,19,20). The molecule has 1 aromatic rings. The smallest absolute Gasteiger partial charge is 0.321 e. The van der Waals surface area contributed by atoms with Crippen LogP contribution in [0.4, 0.5) is 4.79 Å². The second kappa shape index (κ2) is 7.21. The Kier molecular flexibility index (Phi) is 5.90. The monoisotopic (exact) mass is 356 g/mol. The van der Waals surface area contributed by atoms with E-state index < -0.39 is 17.5 Å². The van der Waals surface area contributed by atoms with Crippen LogP contribution in [0, 0.1) is 0 Å². The number of benzene rings is 1. The van der Waals surface area contributed by atoms with Crippen molar-refractivity contribution < 1.29 is 19.1 Å². The number of nitrogens with one attached hydrogen (secondary N) is 2. The highest BCUT2D eigenvalue weighted by Crippen LogP contribution is 2.21. The van der Waals surface area contributed by atoms with E-state index in [1.807, 2.05) is 0 Å². The molecule has 1 rings (SSSR count). The van der Waals surface area contributed by atoms with Crippen molar-refractivity contribution in [2.45, 2.75) is 26.3 Å². The van der Waals surface area contributed by atoms with Gasteiger partial charge in [-0.05, 0) is 39.0 Å². The molecule has 0 saturated carbocycles. The van der Waals surface area contributed by atoms with Crippen LogP contribution in [-0.2, 0) is 4.79 Å². The van der Waals surface area contributed by atoms with Gasteiger partial charge in [-0.1, -0.05) is 15.9 Å². The molecule has 0 unspecified atom stereocenters. The van der Waals surface area contributed by atoms with Gasteiger partial charge in [-0.3, -0.25) is 14.9 Å². The Hall–Kier alpha value is -1.89. The van der Waals surface area contributed by atoms with Crippen LogP contribution >= 0.6 is 15.9 Å². The Bertz CT molecular complexity index is 552. The van der Waals surface area contributed by atoms with Gasteiger partial charge in [0.2, 0.25) is 0 Å².